The molecule has 13 heteroatoms. The molecule has 0 saturated carbocycles. The lowest BCUT2D eigenvalue weighted by molar-refractivity contribution is -0.141. The van der Waals surface area contributed by atoms with Gasteiger partial charge in [0.15, 0.2) is 5.76 Å². The van der Waals surface area contributed by atoms with E-state index >= 15 is 0 Å². The van der Waals surface area contributed by atoms with Gasteiger partial charge >= 0.3 is 0 Å². The van der Waals surface area contributed by atoms with E-state index in [0.29, 0.717) is 24.8 Å². The molecule has 0 aliphatic carbocycles. The largest absolute Gasteiger partial charge is 0.474 e. The van der Waals surface area contributed by atoms with E-state index in [1.54, 1.807) is 17.8 Å². The number of nitrogens with zero attached hydrogens (tertiary/aromatic N) is 5. The first-order chi connectivity index (χ1) is 21.9. The van der Waals surface area contributed by atoms with Gasteiger partial charge in [0.2, 0.25) is 11.8 Å². The third kappa shape index (κ3) is 7.59. The molecule has 3 N–H and O–H groups in total. The van der Waals surface area contributed by atoms with Gasteiger partial charge in [0, 0.05) is 43.9 Å². The van der Waals surface area contributed by atoms with Crippen molar-refractivity contribution < 1.29 is 29.1 Å². The number of amides is 2. The fourth-order valence-corrected chi connectivity index (χ4v) is 7.51. The van der Waals surface area contributed by atoms with E-state index in [0.717, 1.165) is 34.7 Å². The molecule has 3 aromatic heterocycles. The summed E-state index contributed by atoms with van der Waals surface area (Å²) >= 11 is 1.53. The Balaban J connectivity index is 1.21. The number of piperidine rings is 1. The molecule has 2 aliphatic rings. The molecule has 0 radical (unpaired) electrons. The van der Waals surface area contributed by atoms with Crippen molar-refractivity contribution in [3.05, 3.63) is 46.9 Å². The second-order valence-electron chi connectivity index (χ2n) is 13.1. The van der Waals surface area contributed by atoms with E-state index in [-0.39, 0.29) is 54.9 Å². The number of β-amino-alcohol motifs (C(OH)–C–C–N with tert-alkyl or cyclic N) is 1. The number of carbonyl (C=O) groups is 2. The number of nitrogens with one attached hydrogen (secondary N) is 1. The Morgan fingerprint density at radius 2 is 1.85 bits per heavy atom. The summed E-state index contributed by atoms with van der Waals surface area (Å²) in [6.07, 6.45) is 2.26. The molecule has 0 spiro atoms. The molecule has 250 valence electrons. The van der Waals surface area contributed by atoms with Gasteiger partial charge in [0.1, 0.15) is 18.6 Å². The lowest BCUT2D eigenvalue weighted by Crippen LogP contribution is -2.49. The summed E-state index contributed by atoms with van der Waals surface area (Å²) in [4.78, 5) is 41.1. The molecule has 5 rings (SSSR count). The van der Waals surface area contributed by atoms with Crippen LogP contribution in [0.3, 0.4) is 0 Å². The Morgan fingerprint density at radius 3 is 2.48 bits per heavy atom. The minimum atomic E-state index is -0.830. The van der Waals surface area contributed by atoms with E-state index in [1.165, 1.54) is 16.2 Å². The van der Waals surface area contributed by atoms with Gasteiger partial charge in [-0.2, -0.15) is 0 Å². The fraction of sp³-hybridized carbons (Fsp3) is 0.606. The second kappa shape index (κ2) is 14.6. The van der Waals surface area contributed by atoms with Crippen LogP contribution in [0, 0.1) is 12.8 Å². The van der Waals surface area contributed by atoms with Crippen LogP contribution in [-0.2, 0) is 9.59 Å². The van der Waals surface area contributed by atoms with Gasteiger partial charge in [0.25, 0.3) is 5.88 Å². The summed E-state index contributed by atoms with van der Waals surface area (Å²) in [7, 11) is 0. The standard InChI is InChI=1S/C33H46N6O6S/c1-18(2)30(28-14-29(37-45-28)44-10-9-38-19(3)11-24(40)12-20(38)4)33(43)39-16-25(41)13-27(39)32(42)36-21(5)23-7-8-26(34-15-23)31-22(6)35-17-46-31/h7-8,14-15,17-21,24-25,27,30,40-41H,9-13,16H2,1-6H3,(H,36,42)/t19-,20+,21-,24?,25+,27-,30+/m0/s1. The zero-order valence-corrected chi connectivity index (χ0v) is 28.2. The quantitative estimate of drug-likeness (QED) is 0.279. The minimum absolute atomic E-state index is 0.0529. The van der Waals surface area contributed by atoms with Crippen molar-refractivity contribution in [2.45, 2.75) is 103 Å². The van der Waals surface area contributed by atoms with Crippen molar-refractivity contribution in [2.24, 2.45) is 5.92 Å². The lowest BCUT2D eigenvalue weighted by Gasteiger charge is -2.40. The first-order valence-electron chi connectivity index (χ1n) is 16.1. The highest BCUT2D eigenvalue weighted by atomic mass is 32.1. The zero-order valence-electron chi connectivity index (χ0n) is 27.4. The predicted octanol–water partition coefficient (Wildman–Crippen LogP) is 3.69. The minimum Gasteiger partial charge on any atom is -0.474 e. The van der Waals surface area contributed by atoms with Crippen LogP contribution in [0.15, 0.2) is 34.4 Å². The lowest BCUT2D eigenvalue weighted by atomic mass is 9.91. The van der Waals surface area contributed by atoms with Gasteiger partial charge in [-0.15, -0.1) is 11.3 Å². The Hall–Kier alpha value is -3.39. The first kappa shape index (κ1) is 34.0. The van der Waals surface area contributed by atoms with Crippen LogP contribution < -0.4 is 10.1 Å². The summed E-state index contributed by atoms with van der Waals surface area (Å²) < 4.78 is 11.5. The molecule has 1 unspecified atom stereocenters. The van der Waals surface area contributed by atoms with Gasteiger partial charge in [-0.1, -0.05) is 19.9 Å². The number of hydrogen-bond donors (Lipinski definition) is 3. The van der Waals surface area contributed by atoms with Crippen LogP contribution in [0.4, 0.5) is 0 Å². The molecule has 2 fully saturated rings. The average molecular weight is 655 g/mol. The Bertz CT molecular complexity index is 1470. The molecular formula is C33H46N6O6S. The number of likely N-dealkylation sites (tertiary alicyclic amines) is 2. The SMILES string of the molecule is Cc1ncsc1-c1ccc([C@H](C)NC(=O)[C@@H]2C[C@@H](O)CN2C(=O)[C@@H](c2cc(OCCN3[C@H](C)CC(O)C[C@@H]3C)no2)C(C)C)cn1. The van der Waals surface area contributed by atoms with Crippen LogP contribution in [0.5, 0.6) is 5.88 Å². The van der Waals surface area contributed by atoms with E-state index < -0.39 is 18.1 Å². The maximum absolute atomic E-state index is 14.0. The van der Waals surface area contributed by atoms with Crippen molar-refractivity contribution in [1.82, 2.24) is 30.2 Å². The molecule has 0 aromatic carbocycles. The Kier molecular flexibility index (Phi) is 10.8. The number of ether oxygens (including phenoxy) is 1. The van der Waals surface area contributed by atoms with Gasteiger partial charge < -0.3 is 29.7 Å². The summed E-state index contributed by atoms with van der Waals surface area (Å²) in [6.45, 7) is 13.0. The first-order valence-corrected chi connectivity index (χ1v) is 17.0. The van der Waals surface area contributed by atoms with Crippen molar-refractivity contribution in [1.29, 1.82) is 0 Å². The maximum atomic E-state index is 14.0. The highest BCUT2D eigenvalue weighted by molar-refractivity contribution is 7.13. The van der Waals surface area contributed by atoms with Gasteiger partial charge in [-0.3, -0.25) is 19.5 Å². The Labute approximate surface area is 274 Å². The third-order valence-corrected chi connectivity index (χ3v) is 10.1. The van der Waals surface area contributed by atoms with Crippen LogP contribution >= 0.6 is 11.3 Å². The Morgan fingerprint density at radius 1 is 1.11 bits per heavy atom. The van der Waals surface area contributed by atoms with Gasteiger partial charge in [-0.25, -0.2) is 4.98 Å². The van der Waals surface area contributed by atoms with Gasteiger partial charge in [0.05, 0.1) is 40.0 Å². The van der Waals surface area contributed by atoms with E-state index in [2.05, 4.69) is 39.2 Å². The number of aliphatic hydroxyl groups excluding tert-OH is 2. The summed E-state index contributed by atoms with van der Waals surface area (Å²) in [5.74, 6) is -0.866. The van der Waals surface area contributed by atoms with Crippen LogP contribution in [-0.4, -0.2) is 97.0 Å². The molecule has 3 aromatic rings. The monoisotopic (exact) mass is 654 g/mol. The van der Waals surface area contributed by atoms with E-state index in [9.17, 15) is 19.8 Å². The number of rotatable bonds is 11. The topological polar surface area (TPSA) is 154 Å². The number of aryl methyl sites for hydroxylation is 1. The molecular weight excluding hydrogens is 608 g/mol. The predicted molar refractivity (Wildman–Crippen MR) is 173 cm³/mol. The molecule has 12 nitrogen and oxygen atoms in total. The summed E-state index contributed by atoms with van der Waals surface area (Å²) in [5, 5.41) is 27.7. The number of carbonyl (C=O) groups excluding carboxylic acids is 2. The number of pyridine rings is 1. The van der Waals surface area contributed by atoms with Gasteiger partial charge in [-0.05, 0) is 63.2 Å². The number of aromatic nitrogens is 3. The van der Waals surface area contributed by atoms with Crippen LogP contribution in [0.25, 0.3) is 10.6 Å². The number of hydrogen-bond acceptors (Lipinski definition) is 11. The number of aliphatic hydroxyl groups is 2. The zero-order chi connectivity index (χ0) is 33.1. The van der Waals surface area contributed by atoms with Crippen LogP contribution in [0.1, 0.15) is 82.9 Å². The summed E-state index contributed by atoms with van der Waals surface area (Å²) in [5.41, 5.74) is 4.36. The molecule has 5 heterocycles. The second-order valence-corrected chi connectivity index (χ2v) is 13.9. The number of thiazole rings is 1. The molecule has 2 aliphatic heterocycles. The molecule has 7 atom stereocenters. The molecule has 2 amide bonds. The maximum Gasteiger partial charge on any atom is 0.254 e. The van der Waals surface area contributed by atoms with Crippen molar-refractivity contribution in [2.75, 3.05) is 19.7 Å². The average Bonchev–Trinajstić information content (AvgIpc) is 3.74. The molecule has 46 heavy (non-hydrogen) atoms. The van der Waals surface area contributed by atoms with Crippen molar-refractivity contribution in [3.8, 4) is 16.5 Å². The third-order valence-electron chi connectivity index (χ3n) is 9.19. The summed E-state index contributed by atoms with van der Waals surface area (Å²) in [6, 6.07) is 4.79. The highest BCUT2D eigenvalue weighted by Crippen LogP contribution is 2.33. The van der Waals surface area contributed by atoms with Crippen LogP contribution in [0.2, 0.25) is 0 Å². The highest BCUT2D eigenvalue weighted by Gasteiger charge is 2.43. The van der Waals surface area contributed by atoms with E-state index in [4.69, 9.17) is 9.26 Å². The fourth-order valence-electron chi connectivity index (χ4n) is 6.73. The molecule has 2 saturated heterocycles. The van der Waals surface area contributed by atoms with Crippen molar-refractivity contribution in [3.63, 3.8) is 0 Å². The smallest absolute Gasteiger partial charge is 0.254 e. The molecule has 0 bridgehead atoms. The normalized spacial score (nSPS) is 25.1. The van der Waals surface area contributed by atoms with Crippen molar-refractivity contribution >= 4 is 23.2 Å². The van der Waals surface area contributed by atoms with E-state index in [1.807, 2.05) is 39.8 Å².